The number of fused-ring (bicyclic) bond motifs is 1. The fourth-order valence-electron chi connectivity index (χ4n) is 3.90. The first-order valence-corrected chi connectivity index (χ1v) is 9.95. The Morgan fingerprint density at radius 2 is 1.79 bits per heavy atom. The van der Waals surface area contributed by atoms with Crippen LogP contribution in [-0.4, -0.2) is 21.9 Å². The van der Waals surface area contributed by atoms with Crippen molar-refractivity contribution in [2.24, 2.45) is 0 Å². The van der Waals surface area contributed by atoms with Gasteiger partial charge in [0.15, 0.2) is 0 Å². The van der Waals surface area contributed by atoms with E-state index in [0.29, 0.717) is 11.6 Å². The van der Waals surface area contributed by atoms with Crippen LogP contribution < -0.4 is 10.2 Å². The standard InChI is InChI=1S/C24H26N4O/c1-16-15-17-9-5-8-12-21(17)28(16)22(29)20-13-14-25-23(27-20)26-19-11-7-6-10-18(19)24(2,3)4/h5-14,16H,15H2,1-4H3,(H,25,26,27). The Kier molecular flexibility index (Phi) is 4.82. The molecule has 1 aliphatic heterocycles. The molecule has 0 radical (unpaired) electrons. The summed E-state index contributed by atoms with van der Waals surface area (Å²) in [6.07, 6.45) is 2.49. The third-order valence-corrected chi connectivity index (χ3v) is 5.28. The largest absolute Gasteiger partial charge is 0.324 e. The van der Waals surface area contributed by atoms with Crippen molar-refractivity contribution < 1.29 is 4.79 Å². The lowest BCUT2D eigenvalue weighted by atomic mass is 9.86. The average molecular weight is 386 g/mol. The van der Waals surface area contributed by atoms with Crippen molar-refractivity contribution in [3.8, 4) is 0 Å². The summed E-state index contributed by atoms with van der Waals surface area (Å²) in [5.41, 5.74) is 4.65. The zero-order valence-electron chi connectivity index (χ0n) is 17.3. The van der Waals surface area contributed by atoms with E-state index in [-0.39, 0.29) is 17.4 Å². The third-order valence-electron chi connectivity index (χ3n) is 5.28. The number of rotatable bonds is 3. The smallest absolute Gasteiger partial charge is 0.277 e. The van der Waals surface area contributed by atoms with Crippen molar-refractivity contribution in [2.75, 3.05) is 10.2 Å². The Morgan fingerprint density at radius 3 is 2.59 bits per heavy atom. The van der Waals surface area contributed by atoms with E-state index in [9.17, 15) is 4.79 Å². The maximum absolute atomic E-state index is 13.3. The number of hydrogen-bond donors (Lipinski definition) is 1. The summed E-state index contributed by atoms with van der Waals surface area (Å²) in [6, 6.07) is 18.0. The third kappa shape index (κ3) is 3.73. The van der Waals surface area contributed by atoms with Gasteiger partial charge in [0.1, 0.15) is 5.69 Å². The van der Waals surface area contributed by atoms with Crippen molar-refractivity contribution in [1.82, 2.24) is 9.97 Å². The van der Waals surface area contributed by atoms with Crippen LogP contribution in [0.3, 0.4) is 0 Å². The second kappa shape index (κ2) is 7.32. The van der Waals surface area contributed by atoms with Crippen LogP contribution in [0.2, 0.25) is 0 Å². The summed E-state index contributed by atoms with van der Waals surface area (Å²) in [7, 11) is 0. The van der Waals surface area contributed by atoms with Crippen LogP contribution in [-0.2, 0) is 11.8 Å². The van der Waals surface area contributed by atoms with Crippen LogP contribution in [0.15, 0.2) is 60.8 Å². The predicted octanol–water partition coefficient (Wildman–Crippen LogP) is 5.11. The molecule has 3 aromatic rings. The maximum atomic E-state index is 13.3. The van der Waals surface area contributed by atoms with E-state index in [1.54, 1.807) is 12.3 Å². The van der Waals surface area contributed by atoms with Crippen LogP contribution in [0.25, 0.3) is 0 Å². The van der Waals surface area contributed by atoms with E-state index in [4.69, 9.17) is 0 Å². The van der Waals surface area contributed by atoms with Gasteiger partial charge in [-0.1, -0.05) is 57.2 Å². The van der Waals surface area contributed by atoms with Crippen molar-refractivity contribution >= 4 is 23.2 Å². The van der Waals surface area contributed by atoms with Gasteiger partial charge in [0, 0.05) is 23.6 Å². The van der Waals surface area contributed by atoms with E-state index < -0.39 is 0 Å². The Labute approximate surface area is 171 Å². The number of benzene rings is 2. The van der Waals surface area contributed by atoms with Gasteiger partial charge in [-0.25, -0.2) is 9.97 Å². The first-order valence-electron chi connectivity index (χ1n) is 9.95. The fourth-order valence-corrected chi connectivity index (χ4v) is 3.90. The molecule has 2 heterocycles. The fraction of sp³-hybridized carbons (Fsp3) is 0.292. The van der Waals surface area contributed by atoms with Gasteiger partial charge in [-0.05, 0) is 48.1 Å². The molecule has 1 aliphatic rings. The molecule has 1 atom stereocenters. The topological polar surface area (TPSA) is 58.1 Å². The summed E-state index contributed by atoms with van der Waals surface area (Å²) >= 11 is 0. The molecule has 0 fully saturated rings. The highest BCUT2D eigenvalue weighted by Gasteiger charge is 2.32. The number of amides is 1. The van der Waals surface area contributed by atoms with Crippen LogP contribution in [0.4, 0.5) is 17.3 Å². The maximum Gasteiger partial charge on any atom is 0.277 e. The molecule has 29 heavy (non-hydrogen) atoms. The zero-order valence-corrected chi connectivity index (χ0v) is 17.3. The van der Waals surface area contributed by atoms with Gasteiger partial charge < -0.3 is 10.2 Å². The minimum atomic E-state index is -0.1000. The molecule has 5 nitrogen and oxygen atoms in total. The Bertz CT molecular complexity index is 1050. The van der Waals surface area contributed by atoms with Gasteiger partial charge in [-0.3, -0.25) is 4.79 Å². The second-order valence-electron chi connectivity index (χ2n) is 8.54. The molecule has 148 valence electrons. The lowest BCUT2D eigenvalue weighted by molar-refractivity contribution is 0.0976. The van der Waals surface area contributed by atoms with Crippen LogP contribution in [0.5, 0.6) is 0 Å². The van der Waals surface area contributed by atoms with E-state index in [1.165, 1.54) is 11.1 Å². The Hall–Kier alpha value is -3.21. The van der Waals surface area contributed by atoms with Crippen LogP contribution >= 0.6 is 0 Å². The van der Waals surface area contributed by atoms with Gasteiger partial charge in [0.05, 0.1) is 0 Å². The van der Waals surface area contributed by atoms with Crippen LogP contribution in [0.1, 0.15) is 49.3 Å². The minimum Gasteiger partial charge on any atom is -0.324 e. The molecule has 0 aliphatic carbocycles. The molecule has 0 saturated heterocycles. The van der Waals surface area contributed by atoms with Crippen molar-refractivity contribution in [3.63, 3.8) is 0 Å². The normalized spacial score (nSPS) is 15.9. The van der Waals surface area contributed by atoms with E-state index in [2.05, 4.69) is 55.1 Å². The number of aromatic nitrogens is 2. The van der Waals surface area contributed by atoms with Crippen molar-refractivity contribution in [2.45, 2.75) is 45.6 Å². The first kappa shape index (κ1) is 19.1. The molecular formula is C24H26N4O. The second-order valence-corrected chi connectivity index (χ2v) is 8.54. The molecule has 1 aromatic heterocycles. The minimum absolute atomic E-state index is 0.0221. The Balaban J connectivity index is 1.63. The van der Waals surface area contributed by atoms with Gasteiger partial charge in [-0.15, -0.1) is 0 Å². The molecule has 1 amide bonds. The number of para-hydroxylation sites is 2. The molecular weight excluding hydrogens is 360 g/mol. The summed E-state index contributed by atoms with van der Waals surface area (Å²) in [5.74, 6) is 0.324. The molecule has 1 N–H and O–H groups in total. The zero-order chi connectivity index (χ0) is 20.6. The Morgan fingerprint density at radius 1 is 1.07 bits per heavy atom. The summed E-state index contributed by atoms with van der Waals surface area (Å²) in [6.45, 7) is 8.57. The lowest BCUT2D eigenvalue weighted by Crippen LogP contribution is -2.36. The first-order chi connectivity index (χ1) is 13.8. The molecule has 1 unspecified atom stereocenters. The van der Waals surface area contributed by atoms with Gasteiger partial charge >= 0.3 is 0 Å². The molecule has 0 saturated carbocycles. The molecule has 0 spiro atoms. The van der Waals surface area contributed by atoms with Crippen molar-refractivity contribution in [1.29, 1.82) is 0 Å². The van der Waals surface area contributed by atoms with Crippen LogP contribution in [0, 0.1) is 0 Å². The summed E-state index contributed by atoms with van der Waals surface area (Å²) in [4.78, 5) is 24.0. The van der Waals surface area contributed by atoms with Gasteiger partial charge in [-0.2, -0.15) is 0 Å². The number of carbonyl (C=O) groups excluding carboxylic acids is 1. The number of carbonyl (C=O) groups is 1. The van der Waals surface area contributed by atoms with E-state index in [0.717, 1.165) is 17.8 Å². The summed E-state index contributed by atoms with van der Waals surface area (Å²) in [5, 5.41) is 3.30. The van der Waals surface area contributed by atoms with Gasteiger partial charge in [0.2, 0.25) is 5.95 Å². The number of anilines is 3. The highest BCUT2D eigenvalue weighted by Crippen LogP contribution is 2.33. The van der Waals surface area contributed by atoms with Crippen molar-refractivity contribution in [3.05, 3.63) is 77.6 Å². The summed E-state index contributed by atoms with van der Waals surface area (Å²) < 4.78 is 0. The van der Waals surface area contributed by atoms with Gasteiger partial charge in [0.25, 0.3) is 5.91 Å². The quantitative estimate of drug-likeness (QED) is 0.680. The highest BCUT2D eigenvalue weighted by atomic mass is 16.2. The molecule has 0 bridgehead atoms. The lowest BCUT2D eigenvalue weighted by Gasteiger charge is -2.23. The monoisotopic (exact) mass is 386 g/mol. The van der Waals surface area contributed by atoms with E-state index in [1.807, 2.05) is 41.3 Å². The SMILES string of the molecule is CC1Cc2ccccc2N1C(=O)c1ccnc(Nc2ccccc2C(C)(C)C)n1. The number of nitrogens with zero attached hydrogens (tertiary/aromatic N) is 3. The number of nitrogens with one attached hydrogen (secondary N) is 1. The average Bonchev–Trinajstić information content (AvgIpc) is 3.03. The predicted molar refractivity (Wildman–Crippen MR) is 117 cm³/mol. The highest BCUT2D eigenvalue weighted by molar-refractivity contribution is 6.06. The van der Waals surface area contributed by atoms with E-state index >= 15 is 0 Å². The molecule has 4 rings (SSSR count). The molecule has 2 aromatic carbocycles. The number of hydrogen-bond acceptors (Lipinski definition) is 4. The molecule has 5 heteroatoms.